The summed E-state index contributed by atoms with van der Waals surface area (Å²) in [5.74, 6) is 3.04. The Bertz CT molecular complexity index is 1130. The van der Waals surface area contributed by atoms with Gasteiger partial charge in [-0.2, -0.15) is 4.98 Å². The van der Waals surface area contributed by atoms with E-state index in [9.17, 15) is 0 Å². The van der Waals surface area contributed by atoms with Gasteiger partial charge in [0.2, 0.25) is 5.88 Å². The zero-order chi connectivity index (χ0) is 17.7. The number of nitrogens with zero attached hydrogens (tertiary/aromatic N) is 2. The molecule has 4 heteroatoms. The van der Waals surface area contributed by atoms with Crippen LogP contribution in [0.2, 0.25) is 0 Å². The van der Waals surface area contributed by atoms with E-state index < -0.39 is 0 Å². The van der Waals surface area contributed by atoms with Crippen molar-refractivity contribution in [3.8, 4) is 11.6 Å². The molecule has 0 radical (unpaired) electrons. The first kappa shape index (κ1) is 15.8. The van der Waals surface area contributed by atoms with E-state index >= 15 is 0 Å². The second-order valence-corrected chi connectivity index (χ2v) is 8.30. The van der Waals surface area contributed by atoms with Crippen molar-refractivity contribution in [2.24, 2.45) is 5.92 Å². The van der Waals surface area contributed by atoms with Crippen molar-refractivity contribution in [3.63, 3.8) is 0 Å². The topological polar surface area (TPSA) is 35.0 Å². The van der Waals surface area contributed by atoms with E-state index in [0.29, 0.717) is 5.88 Å². The fourth-order valence-corrected chi connectivity index (χ4v) is 5.25. The molecule has 1 atom stereocenters. The molecule has 0 unspecified atom stereocenters. The van der Waals surface area contributed by atoms with E-state index in [1.54, 1.807) is 0 Å². The Labute approximate surface area is 156 Å². The van der Waals surface area contributed by atoms with Gasteiger partial charge in [0.15, 0.2) is 0 Å². The number of rotatable bonds is 2. The zero-order valence-corrected chi connectivity index (χ0v) is 15.8. The van der Waals surface area contributed by atoms with Crippen LogP contribution in [0, 0.1) is 12.8 Å². The molecule has 0 aliphatic heterocycles. The Morgan fingerprint density at radius 1 is 1.08 bits per heavy atom. The number of ether oxygens (including phenoxy) is 1. The van der Waals surface area contributed by atoms with Crippen LogP contribution in [0.5, 0.6) is 11.6 Å². The largest absolute Gasteiger partial charge is 0.438 e. The van der Waals surface area contributed by atoms with Crippen molar-refractivity contribution in [3.05, 3.63) is 58.7 Å². The van der Waals surface area contributed by atoms with E-state index in [1.165, 1.54) is 27.6 Å². The van der Waals surface area contributed by atoms with Crippen LogP contribution in [0.1, 0.15) is 29.6 Å². The molecule has 4 aromatic rings. The van der Waals surface area contributed by atoms with Crippen LogP contribution in [0.15, 0.2) is 42.5 Å². The van der Waals surface area contributed by atoms with Gasteiger partial charge in [-0.25, -0.2) is 4.98 Å². The van der Waals surface area contributed by atoms with E-state index in [-0.39, 0.29) is 0 Å². The summed E-state index contributed by atoms with van der Waals surface area (Å²) < 4.78 is 6.29. The molecule has 26 heavy (non-hydrogen) atoms. The molecule has 1 aliphatic rings. The molecule has 3 nitrogen and oxygen atoms in total. The van der Waals surface area contributed by atoms with Crippen LogP contribution in [0.25, 0.3) is 21.0 Å². The average Bonchev–Trinajstić information content (AvgIpc) is 2.98. The maximum Gasteiger partial charge on any atom is 0.231 e. The van der Waals surface area contributed by atoms with Gasteiger partial charge >= 0.3 is 0 Å². The van der Waals surface area contributed by atoms with Crippen molar-refractivity contribution in [2.45, 2.75) is 33.1 Å². The predicted octanol–water partition coefficient (Wildman–Crippen LogP) is 6.07. The molecule has 0 saturated heterocycles. The van der Waals surface area contributed by atoms with Crippen LogP contribution in [-0.4, -0.2) is 9.97 Å². The van der Waals surface area contributed by atoms with Crippen LogP contribution >= 0.6 is 11.3 Å². The minimum absolute atomic E-state index is 0.704. The Balaban J connectivity index is 1.63. The lowest BCUT2D eigenvalue weighted by Gasteiger charge is -2.18. The molecule has 130 valence electrons. The van der Waals surface area contributed by atoms with Crippen LogP contribution in [0.4, 0.5) is 0 Å². The number of aryl methyl sites for hydroxylation is 2. The SMILES string of the molecule is Cc1nc(Oc2ccc3ccccc3c2)c2c3c(sc2n1)C[C@H](C)CC3. The van der Waals surface area contributed by atoms with E-state index in [4.69, 9.17) is 4.74 Å². The highest BCUT2D eigenvalue weighted by atomic mass is 32.1. The highest BCUT2D eigenvalue weighted by Gasteiger charge is 2.24. The van der Waals surface area contributed by atoms with Crippen LogP contribution in [-0.2, 0) is 12.8 Å². The molecule has 0 bridgehead atoms. The monoisotopic (exact) mass is 360 g/mol. The smallest absolute Gasteiger partial charge is 0.231 e. The van der Waals surface area contributed by atoms with Gasteiger partial charge in [0.05, 0.1) is 5.39 Å². The van der Waals surface area contributed by atoms with Crippen molar-refractivity contribution >= 4 is 32.3 Å². The number of hydrogen-bond donors (Lipinski definition) is 0. The quantitative estimate of drug-likeness (QED) is 0.435. The molecule has 2 aromatic carbocycles. The number of hydrogen-bond acceptors (Lipinski definition) is 4. The fourth-order valence-electron chi connectivity index (χ4n) is 3.83. The molecular weight excluding hydrogens is 340 g/mol. The maximum atomic E-state index is 6.29. The van der Waals surface area contributed by atoms with E-state index in [1.807, 2.05) is 24.3 Å². The van der Waals surface area contributed by atoms with Gasteiger partial charge in [-0.05, 0) is 60.6 Å². The summed E-state index contributed by atoms with van der Waals surface area (Å²) in [5.41, 5.74) is 1.40. The first-order valence-corrected chi connectivity index (χ1v) is 9.94. The summed E-state index contributed by atoms with van der Waals surface area (Å²) in [4.78, 5) is 11.9. The average molecular weight is 360 g/mol. The number of aromatic nitrogens is 2. The van der Waals surface area contributed by atoms with Gasteiger partial charge in [-0.3, -0.25) is 0 Å². The molecule has 0 amide bonds. The third-order valence-corrected chi connectivity index (χ3v) is 6.32. The lowest BCUT2D eigenvalue weighted by molar-refractivity contribution is 0.465. The first-order chi connectivity index (χ1) is 12.7. The number of thiophene rings is 1. The molecule has 0 saturated carbocycles. The maximum absolute atomic E-state index is 6.29. The third kappa shape index (κ3) is 2.65. The lowest BCUT2D eigenvalue weighted by Crippen LogP contribution is -2.08. The molecular formula is C22H20N2OS. The molecule has 2 aromatic heterocycles. The normalized spacial score (nSPS) is 16.8. The second-order valence-electron chi connectivity index (χ2n) is 7.22. The van der Waals surface area contributed by atoms with Gasteiger partial charge in [0, 0.05) is 4.88 Å². The molecule has 0 N–H and O–H groups in total. The Morgan fingerprint density at radius 2 is 1.92 bits per heavy atom. The number of benzene rings is 2. The molecule has 0 fully saturated rings. The van der Waals surface area contributed by atoms with Gasteiger partial charge in [0.25, 0.3) is 0 Å². The van der Waals surface area contributed by atoms with Crippen molar-refractivity contribution < 1.29 is 4.74 Å². The van der Waals surface area contributed by atoms with Gasteiger partial charge in [0.1, 0.15) is 16.4 Å². The van der Waals surface area contributed by atoms with E-state index in [0.717, 1.165) is 40.6 Å². The van der Waals surface area contributed by atoms with E-state index in [2.05, 4.69) is 53.3 Å². The van der Waals surface area contributed by atoms with Crippen molar-refractivity contribution in [2.75, 3.05) is 0 Å². The summed E-state index contributed by atoms with van der Waals surface area (Å²) in [6.07, 6.45) is 3.46. The fraction of sp³-hybridized carbons (Fsp3) is 0.273. The van der Waals surface area contributed by atoms with Gasteiger partial charge in [-0.15, -0.1) is 11.3 Å². The summed E-state index contributed by atoms with van der Waals surface area (Å²) in [6.45, 7) is 4.27. The van der Waals surface area contributed by atoms with Gasteiger partial charge in [-0.1, -0.05) is 37.3 Å². The van der Waals surface area contributed by atoms with Crippen molar-refractivity contribution in [1.82, 2.24) is 9.97 Å². The summed E-state index contributed by atoms with van der Waals surface area (Å²) in [6, 6.07) is 14.5. The Hall–Kier alpha value is -2.46. The van der Waals surface area contributed by atoms with Crippen LogP contribution in [0.3, 0.4) is 0 Å². The predicted molar refractivity (Wildman–Crippen MR) is 107 cm³/mol. The summed E-state index contributed by atoms with van der Waals surface area (Å²) in [5, 5.41) is 3.51. The summed E-state index contributed by atoms with van der Waals surface area (Å²) in [7, 11) is 0. The molecule has 2 heterocycles. The second kappa shape index (κ2) is 6.06. The standard InChI is InChI=1S/C22H20N2OS/c1-13-7-10-18-19(11-13)26-22-20(18)21(23-14(2)24-22)25-17-9-8-15-5-3-4-6-16(15)12-17/h3-6,8-9,12-13H,7,10-11H2,1-2H3/t13-/m1/s1. The van der Waals surface area contributed by atoms with Crippen LogP contribution < -0.4 is 4.74 Å². The lowest BCUT2D eigenvalue weighted by atomic mass is 9.89. The molecule has 5 rings (SSSR count). The Kier molecular flexibility index (Phi) is 3.68. The highest BCUT2D eigenvalue weighted by Crippen LogP contribution is 2.42. The molecule has 1 aliphatic carbocycles. The number of fused-ring (bicyclic) bond motifs is 4. The minimum atomic E-state index is 0.704. The molecule has 0 spiro atoms. The van der Waals surface area contributed by atoms with Gasteiger partial charge < -0.3 is 4.74 Å². The van der Waals surface area contributed by atoms with Crippen molar-refractivity contribution in [1.29, 1.82) is 0 Å². The third-order valence-electron chi connectivity index (χ3n) is 5.17. The highest BCUT2D eigenvalue weighted by molar-refractivity contribution is 7.18. The zero-order valence-electron chi connectivity index (χ0n) is 15.0. The first-order valence-electron chi connectivity index (χ1n) is 9.13. The Morgan fingerprint density at radius 3 is 2.81 bits per heavy atom. The minimum Gasteiger partial charge on any atom is -0.438 e. The summed E-state index contributed by atoms with van der Waals surface area (Å²) >= 11 is 1.81.